The molecule has 0 aliphatic carbocycles. The van der Waals surface area contributed by atoms with Crippen molar-refractivity contribution >= 4 is 5.97 Å². The molecular formula is C14H23N3O2. The molecule has 0 amide bonds. The van der Waals surface area contributed by atoms with Gasteiger partial charge in [-0.15, -0.1) is 0 Å². The van der Waals surface area contributed by atoms with Crippen LogP contribution in [0.5, 0.6) is 0 Å². The summed E-state index contributed by atoms with van der Waals surface area (Å²) in [6.45, 7) is 8.53. The van der Waals surface area contributed by atoms with Gasteiger partial charge >= 0.3 is 5.97 Å². The highest BCUT2D eigenvalue weighted by Gasteiger charge is 2.33. The van der Waals surface area contributed by atoms with Crippen molar-refractivity contribution in [2.24, 2.45) is 7.05 Å². The normalized spacial score (nSPS) is 18.7. The average molecular weight is 265 g/mol. The van der Waals surface area contributed by atoms with Crippen LogP contribution in [0, 0.1) is 0 Å². The lowest BCUT2D eigenvalue weighted by Gasteiger charge is -2.31. The number of ether oxygens (including phenoxy) is 1. The van der Waals surface area contributed by atoms with Crippen molar-refractivity contribution in [2.45, 2.75) is 45.7 Å². The van der Waals surface area contributed by atoms with E-state index in [-0.39, 0.29) is 11.5 Å². The van der Waals surface area contributed by atoms with Crippen molar-refractivity contribution in [1.29, 1.82) is 0 Å². The van der Waals surface area contributed by atoms with Crippen LogP contribution < -0.4 is 0 Å². The van der Waals surface area contributed by atoms with Crippen LogP contribution in [0.2, 0.25) is 0 Å². The van der Waals surface area contributed by atoms with Gasteiger partial charge in [-0.25, -0.2) is 4.79 Å². The molecule has 0 bridgehead atoms. The van der Waals surface area contributed by atoms with Crippen molar-refractivity contribution in [1.82, 2.24) is 14.7 Å². The van der Waals surface area contributed by atoms with Gasteiger partial charge in [-0.2, -0.15) is 5.10 Å². The average Bonchev–Trinajstić information content (AvgIpc) is 2.85. The van der Waals surface area contributed by atoms with Crippen LogP contribution in [0.15, 0.2) is 6.20 Å². The van der Waals surface area contributed by atoms with E-state index < -0.39 is 0 Å². The number of hydrogen-bond acceptors (Lipinski definition) is 4. The molecule has 0 saturated carbocycles. The molecule has 0 spiro atoms. The molecule has 5 heteroatoms. The Morgan fingerprint density at radius 1 is 1.53 bits per heavy atom. The molecular weight excluding hydrogens is 242 g/mol. The first-order valence-corrected chi connectivity index (χ1v) is 6.88. The fraction of sp³-hybridized carbons (Fsp3) is 0.714. The third kappa shape index (κ3) is 2.81. The Kier molecular flexibility index (Phi) is 3.94. The minimum absolute atomic E-state index is 0.191. The van der Waals surface area contributed by atoms with Crippen LogP contribution in [0.1, 0.15) is 49.7 Å². The highest BCUT2D eigenvalue weighted by atomic mass is 16.5. The highest BCUT2D eigenvalue weighted by Crippen LogP contribution is 2.30. The van der Waals surface area contributed by atoms with Gasteiger partial charge in [0.15, 0.2) is 0 Å². The van der Waals surface area contributed by atoms with Gasteiger partial charge in [-0.05, 0) is 40.2 Å². The molecule has 106 valence electrons. The first kappa shape index (κ1) is 14.1. The van der Waals surface area contributed by atoms with E-state index in [1.807, 2.05) is 14.0 Å². The largest absolute Gasteiger partial charge is 0.462 e. The van der Waals surface area contributed by atoms with Crippen molar-refractivity contribution < 1.29 is 9.53 Å². The Balaban J connectivity index is 2.20. The molecule has 5 nitrogen and oxygen atoms in total. The molecule has 0 unspecified atom stereocenters. The molecule has 0 aromatic carbocycles. The van der Waals surface area contributed by atoms with Gasteiger partial charge in [0.2, 0.25) is 0 Å². The fourth-order valence-corrected chi connectivity index (χ4v) is 2.67. The van der Waals surface area contributed by atoms with Gasteiger partial charge in [0, 0.05) is 19.1 Å². The summed E-state index contributed by atoms with van der Waals surface area (Å²) in [4.78, 5) is 14.3. The van der Waals surface area contributed by atoms with Crippen molar-refractivity contribution in [3.63, 3.8) is 0 Å². The standard InChI is InChI=1S/C14H23N3O2/c1-5-19-13(18)11-9-15-16(4)12(11)10-17-8-6-7-14(17,2)3/h9H,5-8,10H2,1-4H3. The van der Waals surface area contributed by atoms with E-state index in [2.05, 4.69) is 23.8 Å². The molecule has 1 aliphatic heterocycles. The van der Waals surface area contributed by atoms with Crippen LogP contribution in [0.4, 0.5) is 0 Å². The minimum atomic E-state index is -0.275. The molecule has 0 atom stereocenters. The molecule has 1 fully saturated rings. The number of likely N-dealkylation sites (tertiary alicyclic amines) is 1. The number of rotatable bonds is 4. The van der Waals surface area contributed by atoms with Crippen molar-refractivity contribution in [2.75, 3.05) is 13.2 Å². The lowest BCUT2D eigenvalue weighted by molar-refractivity contribution is 0.0522. The summed E-state index contributed by atoms with van der Waals surface area (Å²) in [7, 11) is 1.88. The van der Waals surface area contributed by atoms with Crippen LogP contribution in [-0.2, 0) is 18.3 Å². The Labute approximate surface area is 114 Å². The summed E-state index contributed by atoms with van der Waals surface area (Å²) in [6.07, 6.45) is 4.01. The number of nitrogens with zero attached hydrogens (tertiary/aromatic N) is 3. The predicted octanol–water partition coefficient (Wildman–Crippen LogP) is 1.97. The third-order valence-electron chi connectivity index (χ3n) is 3.97. The van der Waals surface area contributed by atoms with E-state index in [4.69, 9.17) is 4.74 Å². The van der Waals surface area contributed by atoms with Crippen LogP contribution in [-0.4, -0.2) is 39.3 Å². The molecule has 2 heterocycles. The Bertz CT molecular complexity index is 465. The first-order chi connectivity index (χ1) is 8.95. The number of hydrogen-bond donors (Lipinski definition) is 0. The van der Waals surface area contributed by atoms with Crippen LogP contribution in [0.3, 0.4) is 0 Å². The zero-order chi connectivity index (χ0) is 14.0. The van der Waals surface area contributed by atoms with E-state index >= 15 is 0 Å². The van der Waals surface area contributed by atoms with Gasteiger partial charge < -0.3 is 4.74 Å². The summed E-state index contributed by atoms with van der Waals surface area (Å²) in [5.41, 5.74) is 1.72. The summed E-state index contributed by atoms with van der Waals surface area (Å²) in [6, 6.07) is 0. The van der Waals surface area contributed by atoms with E-state index in [1.54, 1.807) is 10.9 Å². The monoisotopic (exact) mass is 265 g/mol. The van der Waals surface area contributed by atoms with Crippen molar-refractivity contribution in [3.05, 3.63) is 17.5 Å². The van der Waals surface area contributed by atoms with Crippen LogP contribution >= 0.6 is 0 Å². The maximum Gasteiger partial charge on any atom is 0.341 e. The first-order valence-electron chi connectivity index (χ1n) is 6.88. The zero-order valence-corrected chi connectivity index (χ0v) is 12.3. The van der Waals surface area contributed by atoms with E-state index in [1.165, 1.54) is 12.8 Å². The number of carbonyl (C=O) groups excluding carboxylic acids is 1. The van der Waals surface area contributed by atoms with E-state index in [0.717, 1.165) is 18.8 Å². The summed E-state index contributed by atoms with van der Waals surface area (Å²) in [5, 5.41) is 4.20. The maximum absolute atomic E-state index is 11.9. The molecule has 0 radical (unpaired) electrons. The molecule has 1 saturated heterocycles. The lowest BCUT2D eigenvalue weighted by atomic mass is 10.0. The zero-order valence-electron chi connectivity index (χ0n) is 12.3. The molecule has 1 aromatic rings. The van der Waals surface area contributed by atoms with E-state index in [0.29, 0.717) is 12.2 Å². The molecule has 1 aromatic heterocycles. The number of aromatic nitrogens is 2. The maximum atomic E-state index is 11.9. The second-order valence-electron chi connectivity index (χ2n) is 5.69. The molecule has 1 aliphatic rings. The SMILES string of the molecule is CCOC(=O)c1cnn(C)c1CN1CCCC1(C)C. The Hall–Kier alpha value is -1.36. The lowest BCUT2D eigenvalue weighted by Crippen LogP contribution is -2.38. The molecule has 19 heavy (non-hydrogen) atoms. The topological polar surface area (TPSA) is 47.4 Å². The summed E-state index contributed by atoms with van der Waals surface area (Å²) in [5.74, 6) is -0.275. The van der Waals surface area contributed by atoms with E-state index in [9.17, 15) is 4.79 Å². The molecule has 2 rings (SSSR count). The van der Waals surface area contributed by atoms with Gasteiger partial charge in [-0.3, -0.25) is 9.58 Å². The highest BCUT2D eigenvalue weighted by molar-refractivity contribution is 5.90. The van der Waals surface area contributed by atoms with Gasteiger partial charge in [0.1, 0.15) is 5.56 Å². The number of esters is 1. The summed E-state index contributed by atoms with van der Waals surface area (Å²) >= 11 is 0. The quantitative estimate of drug-likeness (QED) is 0.781. The predicted molar refractivity (Wildman–Crippen MR) is 72.9 cm³/mol. The second kappa shape index (κ2) is 5.33. The summed E-state index contributed by atoms with van der Waals surface area (Å²) < 4.78 is 6.87. The third-order valence-corrected chi connectivity index (χ3v) is 3.97. The fourth-order valence-electron chi connectivity index (χ4n) is 2.67. The Morgan fingerprint density at radius 2 is 2.26 bits per heavy atom. The van der Waals surface area contributed by atoms with Gasteiger partial charge in [-0.1, -0.05) is 0 Å². The van der Waals surface area contributed by atoms with Gasteiger partial charge in [0.05, 0.1) is 18.5 Å². The van der Waals surface area contributed by atoms with Gasteiger partial charge in [0.25, 0.3) is 0 Å². The van der Waals surface area contributed by atoms with Crippen LogP contribution in [0.25, 0.3) is 0 Å². The number of aryl methyl sites for hydroxylation is 1. The number of carbonyl (C=O) groups is 1. The minimum Gasteiger partial charge on any atom is -0.462 e. The smallest absolute Gasteiger partial charge is 0.341 e. The van der Waals surface area contributed by atoms with Crippen molar-refractivity contribution in [3.8, 4) is 0 Å². The molecule has 0 N–H and O–H groups in total. The Morgan fingerprint density at radius 3 is 2.84 bits per heavy atom. The second-order valence-corrected chi connectivity index (χ2v) is 5.69.